The van der Waals surface area contributed by atoms with Crippen LogP contribution in [0.4, 0.5) is 0 Å². The summed E-state index contributed by atoms with van der Waals surface area (Å²) in [6.07, 6.45) is 0.791. The smallest absolute Gasteiger partial charge is 0.119 e. The molecule has 1 atom stereocenters. The molecule has 0 aromatic heterocycles. The molecule has 2 rings (SSSR count). The number of ether oxygens (including phenoxy) is 1. The van der Waals surface area contributed by atoms with E-state index >= 15 is 0 Å². The van der Waals surface area contributed by atoms with Gasteiger partial charge in [0.15, 0.2) is 0 Å². The Balaban J connectivity index is 2.35. The summed E-state index contributed by atoms with van der Waals surface area (Å²) in [5.74, 6) is 0.842. The topological polar surface area (TPSA) is 38.5 Å². The Morgan fingerprint density at radius 3 is 2.38 bits per heavy atom. The minimum absolute atomic E-state index is 0.445. The van der Waals surface area contributed by atoms with Crippen LogP contribution in [0.5, 0.6) is 5.75 Å². The number of nitrogens with zero attached hydrogens (tertiary/aromatic N) is 1. The Morgan fingerprint density at radius 2 is 1.76 bits per heavy atom. The molecule has 21 heavy (non-hydrogen) atoms. The number of hydrogen-bond acceptors (Lipinski definition) is 3. The van der Waals surface area contributed by atoms with Crippen LogP contribution < -0.4 is 10.5 Å². The predicted molar refractivity (Wildman–Crippen MR) is 87.6 cm³/mol. The average molecular weight is 284 g/mol. The first kappa shape index (κ1) is 15.5. The van der Waals surface area contributed by atoms with E-state index in [1.807, 2.05) is 38.4 Å². The molecule has 0 heterocycles. The van der Waals surface area contributed by atoms with Gasteiger partial charge in [-0.3, -0.25) is 0 Å². The maximum atomic E-state index is 6.78. The third-order valence-electron chi connectivity index (χ3n) is 3.61. The summed E-state index contributed by atoms with van der Waals surface area (Å²) in [5.41, 5.74) is 8.67. The first-order valence-electron chi connectivity index (χ1n) is 7.15. The summed E-state index contributed by atoms with van der Waals surface area (Å²) in [4.78, 5) is 2.13. The Hall–Kier alpha value is -1.84. The van der Waals surface area contributed by atoms with Crippen molar-refractivity contribution in [1.82, 2.24) is 4.90 Å². The van der Waals surface area contributed by atoms with Crippen molar-refractivity contribution in [2.75, 3.05) is 27.7 Å². The maximum Gasteiger partial charge on any atom is 0.119 e. The fraction of sp³-hybridized carbons (Fsp3) is 0.333. The van der Waals surface area contributed by atoms with Crippen molar-refractivity contribution in [2.24, 2.45) is 5.73 Å². The Labute approximate surface area is 127 Å². The molecule has 2 N–H and O–H groups in total. The summed E-state index contributed by atoms with van der Waals surface area (Å²) in [5, 5.41) is 0. The molecule has 112 valence electrons. The molecule has 0 spiro atoms. The van der Waals surface area contributed by atoms with Gasteiger partial charge in [0.1, 0.15) is 5.75 Å². The van der Waals surface area contributed by atoms with Gasteiger partial charge in [-0.2, -0.15) is 0 Å². The lowest BCUT2D eigenvalue weighted by molar-refractivity contribution is 0.283. The van der Waals surface area contributed by atoms with Gasteiger partial charge in [-0.1, -0.05) is 42.5 Å². The highest BCUT2D eigenvalue weighted by atomic mass is 16.5. The highest BCUT2D eigenvalue weighted by Crippen LogP contribution is 2.27. The number of benzene rings is 2. The second-order valence-corrected chi connectivity index (χ2v) is 5.79. The van der Waals surface area contributed by atoms with Gasteiger partial charge in [-0.15, -0.1) is 0 Å². The van der Waals surface area contributed by atoms with E-state index in [1.165, 1.54) is 5.56 Å². The van der Waals surface area contributed by atoms with Crippen molar-refractivity contribution < 1.29 is 4.74 Å². The maximum absolute atomic E-state index is 6.78. The van der Waals surface area contributed by atoms with Gasteiger partial charge < -0.3 is 15.4 Å². The van der Waals surface area contributed by atoms with Crippen molar-refractivity contribution in [1.29, 1.82) is 0 Å². The van der Waals surface area contributed by atoms with Gasteiger partial charge in [0.2, 0.25) is 0 Å². The molecule has 1 unspecified atom stereocenters. The van der Waals surface area contributed by atoms with E-state index in [4.69, 9.17) is 10.5 Å². The van der Waals surface area contributed by atoms with Crippen molar-refractivity contribution in [3.05, 3.63) is 65.7 Å². The summed E-state index contributed by atoms with van der Waals surface area (Å²) < 4.78 is 5.34. The molecule has 0 radical (unpaired) electrons. The Bertz CT molecular complexity index is 568. The van der Waals surface area contributed by atoms with Gasteiger partial charge in [-0.05, 0) is 43.8 Å². The fourth-order valence-corrected chi connectivity index (χ4v) is 2.71. The van der Waals surface area contributed by atoms with E-state index in [1.54, 1.807) is 7.11 Å². The number of rotatable bonds is 6. The second-order valence-electron chi connectivity index (χ2n) is 5.79. The molecule has 0 amide bonds. The van der Waals surface area contributed by atoms with Crippen molar-refractivity contribution in [3.63, 3.8) is 0 Å². The zero-order chi connectivity index (χ0) is 15.3. The zero-order valence-corrected chi connectivity index (χ0v) is 13.0. The van der Waals surface area contributed by atoms with Crippen LogP contribution in [0, 0.1) is 0 Å². The van der Waals surface area contributed by atoms with Crippen LogP contribution in [0.25, 0.3) is 0 Å². The first-order chi connectivity index (χ1) is 10.0. The monoisotopic (exact) mass is 284 g/mol. The normalized spacial score (nSPS) is 14.0. The van der Waals surface area contributed by atoms with Crippen LogP contribution in [0.3, 0.4) is 0 Å². The lowest BCUT2D eigenvalue weighted by Crippen LogP contribution is -2.47. The zero-order valence-electron chi connectivity index (χ0n) is 13.0. The molecule has 0 fully saturated rings. The van der Waals surface area contributed by atoms with Crippen molar-refractivity contribution in [2.45, 2.75) is 12.0 Å². The van der Waals surface area contributed by atoms with E-state index in [0.717, 1.165) is 24.3 Å². The highest BCUT2D eigenvalue weighted by molar-refractivity contribution is 5.35. The molecule has 0 saturated carbocycles. The molecule has 0 aliphatic rings. The lowest BCUT2D eigenvalue weighted by Gasteiger charge is -2.33. The molecular weight excluding hydrogens is 260 g/mol. The van der Waals surface area contributed by atoms with Crippen LogP contribution >= 0.6 is 0 Å². The van der Waals surface area contributed by atoms with Gasteiger partial charge >= 0.3 is 0 Å². The average Bonchev–Trinajstić information content (AvgIpc) is 2.47. The third kappa shape index (κ3) is 4.06. The van der Waals surface area contributed by atoms with E-state index in [0.29, 0.717) is 0 Å². The predicted octanol–water partition coefficient (Wildman–Crippen LogP) is 2.65. The highest BCUT2D eigenvalue weighted by Gasteiger charge is 2.28. The molecule has 0 aliphatic heterocycles. The SMILES string of the molecule is COc1cccc(C(N)(Cc2ccccc2)CN(C)C)c1. The summed E-state index contributed by atoms with van der Waals surface area (Å²) >= 11 is 0. The van der Waals surface area contributed by atoms with Crippen LogP contribution in [0.2, 0.25) is 0 Å². The van der Waals surface area contributed by atoms with Gasteiger partial charge in [0.05, 0.1) is 12.6 Å². The van der Waals surface area contributed by atoms with Gasteiger partial charge in [-0.25, -0.2) is 0 Å². The lowest BCUT2D eigenvalue weighted by atomic mass is 9.84. The fourth-order valence-electron chi connectivity index (χ4n) is 2.71. The van der Waals surface area contributed by atoms with Crippen LogP contribution in [0.15, 0.2) is 54.6 Å². The molecule has 3 heteroatoms. The van der Waals surface area contributed by atoms with Crippen LogP contribution in [0.1, 0.15) is 11.1 Å². The van der Waals surface area contributed by atoms with E-state index in [2.05, 4.69) is 35.2 Å². The van der Waals surface area contributed by atoms with Crippen molar-refractivity contribution in [3.8, 4) is 5.75 Å². The Kier molecular flexibility index (Phi) is 4.99. The first-order valence-corrected chi connectivity index (χ1v) is 7.15. The molecule has 3 nitrogen and oxygen atoms in total. The molecule has 2 aromatic carbocycles. The standard InChI is InChI=1S/C18H24N2O/c1-20(2)14-18(19,13-15-8-5-4-6-9-15)16-10-7-11-17(12-16)21-3/h4-12H,13-14,19H2,1-3H3. The molecule has 0 aliphatic carbocycles. The van der Waals surface area contributed by atoms with E-state index in [9.17, 15) is 0 Å². The summed E-state index contributed by atoms with van der Waals surface area (Å²) in [6.45, 7) is 0.773. The minimum atomic E-state index is -0.445. The minimum Gasteiger partial charge on any atom is -0.497 e. The number of hydrogen-bond donors (Lipinski definition) is 1. The third-order valence-corrected chi connectivity index (χ3v) is 3.61. The number of nitrogens with two attached hydrogens (primary N) is 1. The van der Waals surface area contributed by atoms with Crippen molar-refractivity contribution >= 4 is 0 Å². The molecular formula is C18H24N2O. The molecule has 0 bridgehead atoms. The summed E-state index contributed by atoms with van der Waals surface area (Å²) in [6, 6.07) is 18.4. The van der Waals surface area contributed by atoms with Gasteiger partial charge in [0, 0.05) is 6.54 Å². The van der Waals surface area contributed by atoms with E-state index in [-0.39, 0.29) is 0 Å². The van der Waals surface area contributed by atoms with E-state index < -0.39 is 5.54 Å². The Morgan fingerprint density at radius 1 is 1.05 bits per heavy atom. The number of methoxy groups -OCH3 is 1. The largest absolute Gasteiger partial charge is 0.497 e. The number of likely N-dealkylation sites (N-methyl/N-ethyl adjacent to an activating group) is 1. The molecule has 0 saturated heterocycles. The summed E-state index contributed by atoms with van der Waals surface area (Å²) in [7, 11) is 5.78. The van der Waals surface area contributed by atoms with Gasteiger partial charge in [0.25, 0.3) is 0 Å². The quantitative estimate of drug-likeness (QED) is 0.886. The second kappa shape index (κ2) is 6.74. The van der Waals surface area contributed by atoms with Crippen LogP contribution in [-0.4, -0.2) is 32.6 Å². The molecule has 2 aromatic rings. The van der Waals surface area contributed by atoms with Crippen LogP contribution in [-0.2, 0) is 12.0 Å².